The molecule has 0 amide bonds. The average molecular weight is 180 g/mol. The highest BCUT2D eigenvalue weighted by Gasteiger charge is 2.10. The van der Waals surface area contributed by atoms with Crippen molar-refractivity contribution in [2.24, 2.45) is 5.84 Å². The Morgan fingerprint density at radius 2 is 2.15 bits per heavy atom. The normalized spacial score (nSPS) is 12.8. The lowest BCUT2D eigenvalue weighted by Gasteiger charge is -2.15. The van der Waals surface area contributed by atoms with E-state index >= 15 is 0 Å². The van der Waals surface area contributed by atoms with Crippen LogP contribution in [0.1, 0.15) is 17.0 Å². The van der Waals surface area contributed by atoms with Crippen LogP contribution >= 0.6 is 0 Å². The van der Waals surface area contributed by atoms with E-state index in [0.717, 1.165) is 5.56 Å². The molecule has 0 fully saturated rings. The Kier molecular flexibility index (Phi) is 3.89. The molecule has 0 aliphatic carbocycles. The zero-order valence-electron chi connectivity index (χ0n) is 7.83. The predicted molar refractivity (Wildman–Crippen MR) is 53.2 cm³/mol. The third-order valence-corrected chi connectivity index (χ3v) is 2.21. The maximum absolute atomic E-state index is 9.14. The summed E-state index contributed by atoms with van der Waals surface area (Å²) < 4.78 is 0. The van der Waals surface area contributed by atoms with Gasteiger partial charge in [-0.15, -0.1) is 0 Å². The maximum Gasteiger partial charge on any atom is 0.0512 e. The molecule has 1 atom stereocenters. The van der Waals surface area contributed by atoms with Crippen LogP contribution in [0.2, 0.25) is 0 Å². The number of rotatable bonds is 4. The topological polar surface area (TPSA) is 58.3 Å². The van der Waals surface area contributed by atoms with Gasteiger partial charge in [-0.25, -0.2) is 0 Å². The summed E-state index contributed by atoms with van der Waals surface area (Å²) in [6.45, 7) is 2.75. The monoisotopic (exact) mass is 180 g/mol. The number of hydrogen-bond acceptors (Lipinski definition) is 3. The van der Waals surface area contributed by atoms with Crippen LogP contribution in [0.4, 0.5) is 0 Å². The number of aryl methyl sites for hydroxylation is 1. The van der Waals surface area contributed by atoms with Gasteiger partial charge in [0, 0.05) is 12.5 Å². The Labute approximate surface area is 78.5 Å². The van der Waals surface area contributed by atoms with Gasteiger partial charge in [-0.3, -0.25) is 11.3 Å². The first-order valence-corrected chi connectivity index (χ1v) is 4.39. The molecular weight excluding hydrogens is 164 g/mol. The lowest BCUT2D eigenvalue weighted by atomic mass is 9.96. The van der Waals surface area contributed by atoms with Crippen molar-refractivity contribution in [3.63, 3.8) is 0 Å². The number of benzene rings is 1. The van der Waals surface area contributed by atoms with Crippen LogP contribution in [-0.4, -0.2) is 18.3 Å². The van der Waals surface area contributed by atoms with Crippen LogP contribution < -0.4 is 11.3 Å². The van der Waals surface area contributed by atoms with E-state index in [1.807, 2.05) is 31.2 Å². The first-order valence-electron chi connectivity index (χ1n) is 4.39. The first-order chi connectivity index (χ1) is 6.29. The number of hydrazine groups is 1. The minimum absolute atomic E-state index is 0.0891. The lowest BCUT2D eigenvalue weighted by Crippen LogP contribution is -2.29. The van der Waals surface area contributed by atoms with Crippen LogP contribution in [0.3, 0.4) is 0 Å². The second-order valence-electron chi connectivity index (χ2n) is 3.14. The fourth-order valence-corrected chi connectivity index (χ4v) is 1.46. The lowest BCUT2D eigenvalue weighted by molar-refractivity contribution is 0.261. The Morgan fingerprint density at radius 1 is 1.46 bits per heavy atom. The Morgan fingerprint density at radius 3 is 2.69 bits per heavy atom. The highest BCUT2D eigenvalue weighted by Crippen LogP contribution is 2.17. The van der Waals surface area contributed by atoms with E-state index in [9.17, 15) is 0 Å². The second kappa shape index (κ2) is 4.97. The van der Waals surface area contributed by atoms with Gasteiger partial charge in [0.05, 0.1) is 6.61 Å². The highest BCUT2D eigenvalue weighted by atomic mass is 16.3. The van der Waals surface area contributed by atoms with Crippen molar-refractivity contribution in [1.82, 2.24) is 5.43 Å². The van der Waals surface area contributed by atoms with Crippen LogP contribution in [0.15, 0.2) is 24.3 Å². The molecule has 3 nitrogen and oxygen atoms in total. The SMILES string of the molecule is Cc1ccccc1C(CO)CNN. The third-order valence-electron chi connectivity index (χ3n) is 2.21. The smallest absolute Gasteiger partial charge is 0.0512 e. The Hall–Kier alpha value is -0.900. The molecule has 1 unspecified atom stereocenters. The summed E-state index contributed by atoms with van der Waals surface area (Å²) in [5, 5.41) is 9.14. The van der Waals surface area contributed by atoms with Gasteiger partial charge in [0.25, 0.3) is 0 Å². The molecule has 0 spiro atoms. The maximum atomic E-state index is 9.14. The average Bonchev–Trinajstić information content (AvgIpc) is 2.16. The number of hydrogen-bond donors (Lipinski definition) is 3. The molecule has 0 aliphatic heterocycles. The Bertz CT molecular complexity index is 263. The van der Waals surface area contributed by atoms with Crippen LogP contribution in [0.25, 0.3) is 0 Å². The molecule has 1 rings (SSSR count). The fraction of sp³-hybridized carbons (Fsp3) is 0.400. The summed E-state index contributed by atoms with van der Waals surface area (Å²) in [4.78, 5) is 0. The van der Waals surface area contributed by atoms with E-state index in [0.29, 0.717) is 6.54 Å². The van der Waals surface area contributed by atoms with Gasteiger partial charge in [-0.2, -0.15) is 0 Å². The Balaban J connectivity index is 2.84. The summed E-state index contributed by atoms with van der Waals surface area (Å²) in [5.74, 6) is 5.32. The van der Waals surface area contributed by atoms with Crippen molar-refractivity contribution in [2.45, 2.75) is 12.8 Å². The number of aliphatic hydroxyl groups is 1. The minimum atomic E-state index is 0.0891. The number of nitrogens with two attached hydrogens (primary N) is 1. The van der Waals surface area contributed by atoms with E-state index in [1.165, 1.54) is 5.56 Å². The van der Waals surface area contributed by atoms with Gasteiger partial charge in [0.15, 0.2) is 0 Å². The molecule has 1 aromatic rings. The van der Waals surface area contributed by atoms with E-state index in [2.05, 4.69) is 5.43 Å². The molecule has 3 heteroatoms. The first kappa shape index (κ1) is 10.2. The van der Waals surface area contributed by atoms with Gasteiger partial charge < -0.3 is 5.11 Å². The molecular formula is C10H16N2O. The van der Waals surface area contributed by atoms with Gasteiger partial charge in [0.1, 0.15) is 0 Å². The molecule has 1 aromatic carbocycles. The molecule has 72 valence electrons. The molecule has 0 saturated heterocycles. The van der Waals surface area contributed by atoms with Crippen molar-refractivity contribution in [1.29, 1.82) is 0 Å². The van der Waals surface area contributed by atoms with Crippen molar-refractivity contribution >= 4 is 0 Å². The fourth-order valence-electron chi connectivity index (χ4n) is 1.46. The van der Waals surface area contributed by atoms with E-state index < -0.39 is 0 Å². The van der Waals surface area contributed by atoms with Crippen LogP contribution in [0.5, 0.6) is 0 Å². The quantitative estimate of drug-likeness (QED) is 0.468. The molecule has 4 N–H and O–H groups in total. The van der Waals surface area contributed by atoms with Gasteiger partial charge >= 0.3 is 0 Å². The molecule has 0 aliphatic rings. The summed E-state index contributed by atoms with van der Waals surface area (Å²) >= 11 is 0. The van der Waals surface area contributed by atoms with Crippen LogP contribution in [-0.2, 0) is 0 Å². The molecule has 0 aromatic heterocycles. The number of aliphatic hydroxyl groups excluding tert-OH is 1. The van der Waals surface area contributed by atoms with Gasteiger partial charge in [-0.1, -0.05) is 24.3 Å². The van der Waals surface area contributed by atoms with Crippen molar-refractivity contribution < 1.29 is 5.11 Å². The molecule has 0 bridgehead atoms. The largest absolute Gasteiger partial charge is 0.396 e. The molecule has 13 heavy (non-hydrogen) atoms. The van der Waals surface area contributed by atoms with Gasteiger partial charge in [0.2, 0.25) is 0 Å². The molecule has 0 saturated carbocycles. The number of nitrogens with one attached hydrogen (secondary N) is 1. The van der Waals surface area contributed by atoms with E-state index in [4.69, 9.17) is 10.9 Å². The van der Waals surface area contributed by atoms with Crippen molar-refractivity contribution in [2.75, 3.05) is 13.2 Å². The zero-order chi connectivity index (χ0) is 9.68. The predicted octanol–water partition coefficient (Wildman–Crippen LogP) is 0.534. The highest BCUT2D eigenvalue weighted by molar-refractivity contribution is 5.29. The summed E-state index contributed by atoms with van der Waals surface area (Å²) in [6.07, 6.45) is 0. The van der Waals surface area contributed by atoms with Crippen molar-refractivity contribution in [3.8, 4) is 0 Å². The van der Waals surface area contributed by atoms with E-state index in [1.54, 1.807) is 0 Å². The summed E-state index contributed by atoms with van der Waals surface area (Å²) in [6, 6.07) is 8.02. The standard InChI is InChI=1S/C10H16N2O/c1-8-4-2-3-5-10(8)9(7-13)6-12-11/h2-5,9,12-13H,6-7,11H2,1H3. The third kappa shape index (κ3) is 2.52. The molecule has 0 radical (unpaired) electrons. The minimum Gasteiger partial charge on any atom is -0.396 e. The van der Waals surface area contributed by atoms with E-state index in [-0.39, 0.29) is 12.5 Å². The van der Waals surface area contributed by atoms with Crippen molar-refractivity contribution in [3.05, 3.63) is 35.4 Å². The summed E-state index contributed by atoms with van der Waals surface area (Å²) in [7, 11) is 0. The van der Waals surface area contributed by atoms with Crippen LogP contribution in [0, 0.1) is 6.92 Å². The van der Waals surface area contributed by atoms with Gasteiger partial charge in [-0.05, 0) is 18.1 Å². The second-order valence-corrected chi connectivity index (χ2v) is 3.14. The summed E-state index contributed by atoms with van der Waals surface area (Å²) in [5.41, 5.74) is 4.93. The zero-order valence-corrected chi connectivity index (χ0v) is 7.83. The molecule has 0 heterocycles.